The largest absolute Gasteiger partial charge is 0.369 e. The molecule has 1 saturated heterocycles. The zero-order valence-electron chi connectivity index (χ0n) is 19.6. The second-order valence-corrected chi connectivity index (χ2v) is 10.4. The van der Waals surface area contributed by atoms with Gasteiger partial charge in [-0.2, -0.15) is 0 Å². The Balaban J connectivity index is 1.29. The Kier molecular flexibility index (Phi) is 7.67. The number of piperazine rings is 1. The Morgan fingerprint density at radius 1 is 0.943 bits per heavy atom. The van der Waals surface area contributed by atoms with Gasteiger partial charge in [0.05, 0.1) is 10.6 Å². The standard InChI is InChI=1S/C26H29FN4O3S/c1-29(23-7-3-2-4-8-23)35(33,34)25-9-5-6-21(20-25)26(32)28-14-15-30-16-18-31(19-17-30)24-12-10-22(27)11-13-24/h2-13,20H,14-19H2,1H3,(H,28,32). The molecule has 0 aliphatic carbocycles. The number of nitrogens with one attached hydrogen (secondary N) is 1. The fourth-order valence-electron chi connectivity index (χ4n) is 4.04. The van der Waals surface area contributed by atoms with Crippen molar-refractivity contribution in [2.75, 3.05) is 55.5 Å². The van der Waals surface area contributed by atoms with Gasteiger partial charge in [0.25, 0.3) is 15.9 Å². The summed E-state index contributed by atoms with van der Waals surface area (Å²) in [6.07, 6.45) is 0. The summed E-state index contributed by atoms with van der Waals surface area (Å²) in [5, 5.41) is 2.89. The Morgan fingerprint density at radius 2 is 1.63 bits per heavy atom. The summed E-state index contributed by atoms with van der Waals surface area (Å²) in [5.74, 6) is -0.552. The van der Waals surface area contributed by atoms with Crippen molar-refractivity contribution in [3.05, 3.63) is 90.2 Å². The number of halogens is 1. The number of hydrogen-bond acceptors (Lipinski definition) is 5. The minimum atomic E-state index is -3.80. The number of hydrogen-bond donors (Lipinski definition) is 1. The number of para-hydroxylation sites is 1. The average Bonchev–Trinajstić information content (AvgIpc) is 2.89. The average molecular weight is 497 g/mol. The zero-order valence-corrected chi connectivity index (χ0v) is 20.4. The summed E-state index contributed by atoms with van der Waals surface area (Å²) in [6.45, 7) is 4.48. The quantitative estimate of drug-likeness (QED) is 0.519. The molecule has 0 saturated carbocycles. The number of amides is 1. The Bertz CT molecular complexity index is 1250. The molecule has 0 spiro atoms. The van der Waals surface area contributed by atoms with Crippen LogP contribution in [-0.4, -0.2) is 65.5 Å². The van der Waals surface area contributed by atoms with Gasteiger partial charge in [0.1, 0.15) is 5.82 Å². The molecular weight excluding hydrogens is 467 g/mol. The third-order valence-corrected chi connectivity index (χ3v) is 7.93. The second-order valence-electron chi connectivity index (χ2n) is 8.40. The molecule has 0 unspecified atom stereocenters. The lowest BCUT2D eigenvalue weighted by atomic mass is 10.2. The fraction of sp³-hybridized carbons (Fsp3) is 0.269. The fourth-order valence-corrected chi connectivity index (χ4v) is 5.29. The summed E-state index contributed by atoms with van der Waals surface area (Å²) in [6, 6.07) is 21.4. The van der Waals surface area contributed by atoms with Crippen LogP contribution in [0.5, 0.6) is 0 Å². The van der Waals surface area contributed by atoms with E-state index in [1.165, 1.54) is 35.6 Å². The van der Waals surface area contributed by atoms with Crippen LogP contribution in [0.3, 0.4) is 0 Å². The maximum atomic E-state index is 13.1. The molecule has 9 heteroatoms. The van der Waals surface area contributed by atoms with Crippen LogP contribution in [0.1, 0.15) is 10.4 Å². The molecule has 184 valence electrons. The number of anilines is 2. The van der Waals surface area contributed by atoms with Gasteiger partial charge in [0.15, 0.2) is 0 Å². The van der Waals surface area contributed by atoms with Crippen LogP contribution in [0, 0.1) is 5.82 Å². The van der Waals surface area contributed by atoms with Gasteiger partial charge in [-0.3, -0.25) is 14.0 Å². The van der Waals surface area contributed by atoms with Gasteiger partial charge in [-0.15, -0.1) is 0 Å². The molecule has 35 heavy (non-hydrogen) atoms. The molecule has 0 aromatic heterocycles. The second kappa shape index (κ2) is 10.9. The van der Waals surface area contributed by atoms with E-state index in [4.69, 9.17) is 0 Å². The Hall–Kier alpha value is -3.43. The molecule has 1 aliphatic rings. The van der Waals surface area contributed by atoms with Gasteiger partial charge in [-0.25, -0.2) is 12.8 Å². The van der Waals surface area contributed by atoms with E-state index in [1.807, 2.05) is 6.07 Å². The summed E-state index contributed by atoms with van der Waals surface area (Å²) < 4.78 is 40.4. The number of nitrogens with zero attached hydrogens (tertiary/aromatic N) is 3. The molecule has 0 atom stereocenters. The smallest absolute Gasteiger partial charge is 0.264 e. The third-order valence-electron chi connectivity index (χ3n) is 6.15. The van der Waals surface area contributed by atoms with Crippen molar-refractivity contribution in [2.45, 2.75) is 4.90 Å². The number of sulfonamides is 1. The highest BCUT2D eigenvalue weighted by Gasteiger charge is 2.22. The van der Waals surface area contributed by atoms with Crippen molar-refractivity contribution < 1.29 is 17.6 Å². The first-order valence-corrected chi connectivity index (χ1v) is 12.9. The van der Waals surface area contributed by atoms with Gasteiger partial charge in [-0.05, 0) is 54.6 Å². The van der Waals surface area contributed by atoms with Gasteiger partial charge in [0, 0.05) is 57.6 Å². The predicted octanol–water partition coefficient (Wildman–Crippen LogP) is 3.20. The maximum absolute atomic E-state index is 13.1. The van der Waals surface area contributed by atoms with E-state index in [0.717, 1.165) is 31.9 Å². The highest BCUT2D eigenvalue weighted by atomic mass is 32.2. The van der Waals surface area contributed by atoms with Gasteiger partial charge in [-0.1, -0.05) is 24.3 Å². The number of benzene rings is 3. The third kappa shape index (κ3) is 5.98. The molecule has 0 bridgehead atoms. The van der Waals surface area contributed by atoms with Crippen LogP contribution in [-0.2, 0) is 10.0 Å². The van der Waals surface area contributed by atoms with Gasteiger partial charge in [0.2, 0.25) is 0 Å². The summed E-state index contributed by atoms with van der Waals surface area (Å²) in [7, 11) is -2.30. The lowest BCUT2D eigenvalue weighted by Crippen LogP contribution is -2.48. The lowest BCUT2D eigenvalue weighted by Gasteiger charge is -2.36. The van der Waals surface area contributed by atoms with E-state index in [-0.39, 0.29) is 16.6 Å². The topological polar surface area (TPSA) is 73.0 Å². The minimum Gasteiger partial charge on any atom is -0.369 e. The highest BCUT2D eigenvalue weighted by molar-refractivity contribution is 7.92. The van der Waals surface area contributed by atoms with Crippen LogP contribution < -0.4 is 14.5 Å². The Labute approximate surface area is 205 Å². The van der Waals surface area contributed by atoms with Crippen molar-refractivity contribution in [3.63, 3.8) is 0 Å². The molecule has 1 N–H and O–H groups in total. The van der Waals surface area contributed by atoms with E-state index in [2.05, 4.69) is 15.1 Å². The van der Waals surface area contributed by atoms with E-state index in [1.54, 1.807) is 48.5 Å². The van der Waals surface area contributed by atoms with Crippen LogP contribution in [0.15, 0.2) is 83.8 Å². The van der Waals surface area contributed by atoms with Crippen LogP contribution in [0.2, 0.25) is 0 Å². The normalized spacial score (nSPS) is 14.5. The molecule has 4 rings (SSSR count). The van der Waals surface area contributed by atoms with E-state index in [9.17, 15) is 17.6 Å². The lowest BCUT2D eigenvalue weighted by molar-refractivity contribution is 0.0947. The van der Waals surface area contributed by atoms with E-state index < -0.39 is 10.0 Å². The maximum Gasteiger partial charge on any atom is 0.264 e. The molecule has 3 aromatic carbocycles. The minimum absolute atomic E-state index is 0.0634. The Morgan fingerprint density at radius 3 is 2.31 bits per heavy atom. The number of carbonyl (C=O) groups is 1. The first-order chi connectivity index (χ1) is 16.8. The highest BCUT2D eigenvalue weighted by Crippen LogP contribution is 2.22. The van der Waals surface area contributed by atoms with Gasteiger partial charge < -0.3 is 10.2 Å². The van der Waals surface area contributed by atoms with Crippen LogP contribution in [0.25, 0.3) is 0 Å². The molecule has 1 aliphatic heterocycles. The molecule has 7 nitrogen and oxygen atoms in total. The van der Waals surface area contributed by atoms with Gasteiger partial charge >= 0.3 is 0 Å². The summed E-state index contributed by atoms with van der Waals surface area (Å²) in [5.41, 5.74) is 1.85. The molecule has 1 amide bonds. The first kappa shape index (κ1) is 24.7. The molecule has 3 aromatic rings. The summed E-state index contributed by atoms with van der Waals surface area (Å²) >= 11 is 0. The van der Waals surface area contributed by atoms with Crippen molar-refractivity contribution in [3.8, 4) is 0 Å². The number of carbonyl (C=O) groups excluding carboxylic acids is 1. The molecular formula is C26H29FN4O3S. The zero-order chi connectivity index (χ0) is 24.8. The molecule has 1 heterocycles. The van der Waals surface area contributed by atoms with Crippen LogP contribution >= 0.6 is 0 Å². The summed E-state index contributed by atoms with van der Waals surface area (Å²) in [4.78, 5) is 17.2. The van der Waals surface area contributed by atoms with E-state index >= 15 is 0 Å². The first-order valence-electron chi connectivity index (χ1n) is 11.5. The molecule has 0 radical (unpaired) electrons. The van der Waals surface area contributed by atoms with Crippen molar-refractivity contribution in [1.82, 2.24) is 10.2 Å². The monoisotopic (exact) mass is 496 g/mol. The number of rotatable bonds is 8. The van der Waals surface area contributed by atoms with Crippen molar-refractivity contribution >= 4 is 27.3 Å². The molecule has 1 fully saturated rings. The van der Waals surface area contributed by atoms with Crippen molar-refractivity contribution in [2.24, 2.45) is 0 Å². The van der Waals surface area contributed by atoms with Crippen molar-refractivity contribution in [1.29, 1.82) is 0 Å². The SMILES string of the molecule is CN(c1ccccc1)S(=O)(=O)c1cccc(C(=O)NCCN2CCN(c3ccc(F)cc3)CC2)c1. The van der Waals surface area contributed by atoms with E-state index in [0.29, 0.717) is 24.3 Å². The van der Waals surface area contributed by atoms with Crippen LogP contribution in [0.4, 0.5) is 15.8 Å². The predicted molar refractivity (Wildman–Crippen MR) is 136 cm³/mol.